The Kier molecular flexibility index (Phi) is 7.68. The summed E-state index contributed by atoms with van der Waals surface area (Å²) in [5.74, 6) is -0.937. The predicted octanol–water partition coefficient (Wildman–Crippen LogP) is 1.22. The number of hydrogen-bond acceptors (Lipinski definition) is 4. The average Bonchev–Trinajstić information content (AvgIpc) is 2.16. The molecule has 1 N–H and O–H groups in total. The number of carboxylic acid groups (broad SMARTS) is 1. The van der Waals surface area contributed by atoms with Gasteiger partial charge >= 0.3 is 5.97 Å². The van der Waals surface area contributed by atoms with Crippen molar-refractivity contribution in [3.8, 4) is 0 Å². The van der Waals surface area contributed by atoms with E-state index in [0.717, 1.165) is 10.8 Å². The van der Waals surface area contributed by atoms with Crippen LogP contribution in [-0.2, 0) is 9.59 Å². The maximum absolute atomic E-state index is 11.5. The van der Waals surface area contributed by atoms with Gasteiger partial charge in [-0.3, -0.25) is 9.59 Å². The second kappa shape index (κ2) is 7.87. The quantitative estimate of drug-likeness (QED) is 0.419. The first kappa shape index (κ1) is 14.6. The Morgan fingerprint density at radius 2 is 1.93 bits per heavy atom. The summed E-state index contributed by atoms with van der Waals surface area (Å²) in [4.78, 5) is 23.6. The van der Waals surface area contributed by atoms with Crippen LogP contribution in [0.15, 0.2) is 0 Å². The molecule has 0 aliphatic rings. The lowest BCUT2D eigenvalue weighted by Gasteiger charge is -2.16. The number of amides is 1. The minimum Gasteiger partial charge on any atom is -0.481 e. The molecule has 0 aliphatic heterocycles. The molecule has 0 heterocycles. The number of rotatable bonds is 7. The molecule has 0 rings (SSSR count). The molecule has 0 aliphatic carbocycles. The first-order chi connectivity index (χ1) is 7.00. The maximum Gasteiger partial charge on any atom is 0.316 e. The summed E-state index contributed by atoms with van der Waals surface area (Å²) < 4.78 is 0. The number of carbonyl (C=O) groups is 2. The molecule has 0 fully saturated rings. The van der Waals surface area contributed by atoms with E-state index in [1.54, 1.807) is 25.9 Å². The summed E-state index contributed by atoms with van der Waals surface area (Å²) in [7, 11) is 3.15. The van der Waals surface area contributed by atoms with E-state index >= 15 is 0 Å². The fourth-order valence-corrected chi connectivity index (χ4v) is 2.91. The number of nitrogens with zero attached hydrogens (tertiary/aromatic N) is 1. The van der Waals surface area contributed by atoms with E-state index in [-0.39, 0.29) is 5.91 Å². The number of thioether (sulfide) groups is 2. The van der Waals surface area contributed by atoms with Gasteiger partial charge < -0.3 is 10.0 Å². The van der Waals surface area contributed by atoms with Crippen LogP contribution in [0.2, 0.25) is 0 Å². The molecule has 88 valence electrons. The van der Waals surface area contributed by atoms with E-state index in [1.165, 1.54) is 16.7 Å². The van der Waals surface area contributed by atoms with Gasteiger partial charge in [0.1, 0.15) is 5.92 Å². The van der Waals surface area contributed by atoms with Crippen molar-refractivity contribution < 1.29 is 14.7 Å². The van der Waals surface area contributed by atoms with Crippen LogP contribution < -0.4 is 0 Å². The molecule has 0 aromatic rings. The number of hydrogen-bond donors (Lipinski definition) is 1. The molecule has 0 aromatic carbocycles. The molecular weight excluding hydrogens is 234 g/mol. The lowest BCUT2D eigenvalue weighted by molar-refractivity contribution is -0.148. The molecule has 1 atom stereocenters. The van der Waals surface area contributed by atoms with Gasteiger partial charge in [0.15, 0.2) is 0 Å². The molecule has 6 heteroatoms. The number of carboxylic acids is 1. The molecule has 1 unspecified atom stereocenters. The zero-order chi connectivity index (χ0) is 11.8. The third-order valence-corrected chi connectivity index (χ3v) is 4.00. The van der Waals surface area contributed by atoms with Gasteiger partial charge in [-0.05, 0) is 5.75 Å². The van der Waals surface area contributed by atoms with Gasteiger partial charge in [0, 0.05) is 24.9 Å². The van der Waals surface area contributed by atoms with Crippen molar-refractivity contribution in [1.82, 2.24) is 4.90 Å². The second-order valence-electron chi connectivity index (χ2n) is 3.10. The topological polar surface area (TPSA) is 57.6 Å². The van der Waals surface area contributed by atoms with E-state index in [1.807, 2.05) is 6.92 Å². The molecule has 0 radical (unpaired) electrons. The molecule has 0 aromatic heterocycles. The van der Waals surface area contributed by atoms with Crippen LogP contribution in [0.3, 0.4) is 0 Å². The van der Waals surface area contributed by atoms with Gasteiger partial charge in [-0.25, -0.2) is 0 Å². The van der Waals surface area contributed by atoms with Crippen molar-refractivity contribution in [2.45, 2.75) is 6.92 Å². The van der Waals surface area contributed by atoms with Gasteiger partial charge in [0.05, 0.1) is 0 Å². The molecule has 4 nitrogen and oxygen atoms in total. The Labute approximate surface area is 98.8 Å². The standard InChI is InChI=1S/C9H17NO3S2/c1-4-14-6-15-5-7(9(12)13)8(11)10(2)3/h7H,4-6H2,1-3H3,(H,12,13). The predicted molar refractivity (Wildman–Crippen MR) is 65.3 cm³/mol. The summed E-state index contributed by atoms with van der Waals surface area (Å²) >= 11 is 3.22. The number of carbonyl (C=O) groups excluding carboxylic acids is 1. The Morgan fingerprint density at radius 1 is 1.33 bits per heavy atom. The highest BCUT2D eigenvalue weighted by molar-refractivity contribution is 8.15. The molecule has 0 spiro atoms. The lowest BCUT2D eigenvalue weighted by atomic mass is 10.1. The van der Waals surface area contributed by atoms with E-state index in [9.17, 15) is 9.59 Å². The van der Waals surface area contributed by atoms with Crippen molar-refractivity contribution in [2.75, 3.05) is 30.7 Å². The van der Waals surface area contributed by atoms with Crippen molar-refractivity contribution in [1.29, 1.82) is 0 Å². The fraction of sp³-hybridized carbons (Fsp3) is 0.778. The first-order valence-corrected chi connectivity index (χ1v) is 6.91. The number of aliphatic carboxylic acids is 1. The van der Waals surface area contributed by atoms with Crippen LogP contribution in [0, 0.1) is 5.92 Å². The molecule has 0 saturated carbocycles. The summed E-state index contributed by atoms with van der Waals surface area (Å²) in [5.41, 5.74) is 0. The van der Waals surface area contributed by atoms with E-state index in [4.69, 9.17) is 5.11 Å². The van der Waals surface area contributed by atoms with Crippen molar-refractivity contribution in [2.24, 2.45) is 5.92 Å². The highest BCUT2D eigenvalue weighted by atomic mass is 32.2. The van der Waals surface area contributed by atoms with Crippen LogP contribution in [0.5, 0.6) is 0 Å². The normalized spacial score (nSPS) is 12.2. The minimum absolute atomic E-state index is 0.337. The monoisotopic (exact) mass is 251 g/mol. The van der Waals surface area contributed by atoms with Crippen molar-refractivity contribution in [3.05, 3.63) is 0 Å². The van der Waals surface area contributed by atoms with Gasteiger partial charge in [-0.2, -0.15) is 11.8 Å². The van der Waals surface area contributed by atoms with Crippen LogP contribution in [0.1, 0.15) is 6.92 Å². The highest BCUT2D eigenvalue weighted by Crippen LogP contribution is 2.16. The molecular formula is C9H17NO3S2. The zero-order valence-electron chi connectivity index (χ0n) is 9.23. The lowest BCUT2D eigenvalue weighted by Crippen LogP contribution is -2.36. The molecule has 0 bridgehead atoms. The van der Waals surface area contributed by atoms with E-state index in [2.05, 4.69) is 0 Å². The Morgan fingerprint density at radius 3 is 2.33 bits per heavy atom. The van der Waals surface area contributed by atoms with E-state index < -0.39 is 11.9 Å². The summed E-state index contributed by atoms with van der Waals surface area (Å²) in [6, 6.07) is 0. The molecule has 0 saturated heterocycles. The smallest absolute Gasteiger partial charge is 0.316 e. The van der Waals surface area contributed by atoms with Crippen LogP contribution in [0.4, 0.5) is 0 Å². The largest absolute Gasteiger partial charge is 0.481 e. The van der Waals surface area contributed by atoms with Crippen molar-refractivity contribution in [3.63, 3.8) is 0 Å². The second-order valence-corrected chi connectivity index (χ2v) is 5.77. The summed E-state index contributed by atoms with van der Waals surface area (Å²) in [6.07, 6.45) is 0. The van der Waals surface area contributed by atoms with Gasteiger partial charge in [0.25, 0.3) is 0 Å². The first-order valence-electron chi connectivity index (χ1n) is 4.60. The third-order valence-electron chi connectivity index (χ3n) is 1.69. The molecule has 1 amide bonds. The maximum atomic E-state index is 11.5. The Bertz CT molecular complexity index is 221. The van der Waals surface area contributed by atoms with Crippen molar-refractivity contribution >= 4 is 35.4 Å². The fourth-order valence-electron chi connectivity index (χ4n) is 0.868. The minimum atomic E-state index is -1.04. The zero-order valence-corrected chi connectivity index (χ0v) is 10.9. The molecule has 15 heavy (non-hydrogen) atoms. The van der Waals surface area contributed by atoms with E-state index in [0.29, 0.717) is 5.75 Å². The average molecular weight is 251 g/mol. The van der Waals surface area contributed by atoms with Gasteiger partial charge in [-0.1, -0.05) is 6.92 Å². The van der Waals surface area contributed by atoms with Crippen LogP contribution >= 0.6 is 23.5 Å². The van der Waals surface area contributed by atoms with Crippen LogP contribution in [-0.4, -0.2) is 52.6 Å². The van der Waals surface area contributed by atoms with Gasteiger partial charge in [-0.15, -0.1) is 11.8 Å². The Hall–Kier alpha value is -0.360. The summed E-state index contributed by atoms with van der Waals surface area (Å²) in [5, 5.41) is 9.72. The Balaban J connectivity index is 4.06. The SMILES string of the molecule is CCSCSCC(C(=O)O)C(=O)N(C)C. The van der Waals surface area contributed by atoms with Gasteiger partial charge in [0.2, 0.25) is 5.91 Å². The highest BCUT2D eigenvalue weighted by Gasteiger charge is 2.27. The third kappa shape index (κ3) is 5.94. The van der Waals surface area contributed by atoms with Crippen LogP contribution in [0.25, 0.3) is 0 Å². The summed E-state index contributed by atoms with van der Waals surface area (Å²) in [6.45, 7) is 2.05.